The van der Waals surface area contributed by atoms with E-state index in [2.05, 4.69) is 38.3 Å². The van der Waals surface area contributed by atoms with Crippen molar-refractivity contribution in [2.24, 2.45) is 0 Å². The van der Waals surface area contributed by atoms with Gasteiger partial charge in [-0.2, -0.15) is 0 Å². The standard InChI is InChI=1S/C12H14BrN3OS/c1-17-7-6-16-9-14-15-12(16)18-8-10-2-4-11(13)5-3-10/h2-5,9H,6-8H2,1H3. The minimum Gasteiger partial charge on any atom is -0.383 e. The van der Waals surface area contributed by atoms with Crippen LogP contribution in [-0.4, -0.2) is 28.5 Å². The lowest BCUT2D eigenvalue weighted by Gasteiger charge is -2.05. The summed E-state index contributed by atoms with van der Waals surface area (Å²) in [6.45, 7) is 1.45. The van der Waals surface area contributed by atoms with E-state index in [1.54, 1.807) is 25.2 Å². The van der Waals surface area contributed by atoms with Gasteiger partial charge in [0, 0.05) is 23.9 Å². The molecule has 0 fully saturated rings. The number of aromatic nitrogens is 3. The van der Waals surface area contributed by atoms with E-state index in [0.717, 1.165) is 21.9 Å². The smallest absolute Gasteiger partial charge is 0.191 e. The van der Waals surface area contributed by atoms with E-state index in [1.165, 1.54) is 5.56 Å². The van der Waals surface area contributed by atoms with Gasteiger partial charge in [0.2, 0.25) is 0 Å². The van der Waals surface area contributed by atoms with Crippen molar-refractivity contribution in [2.75, 3.05) is 13.7 Å². The first-order valence-corrected chi connectivity index (χ1v) is 7.31. The molecule has 0 aliphatic heterocycles. The van der Waals surface area contributed by atoms with E-state index in [1.807, 2.05) is 16.7 Å². The van der Waals surface area contributed by atoms with Crippen molar-refractivity contribution >= 4 is 27.7 Å². The van der Waals surface area contributed by atoms with Crippen LogP contribution in [0.3, 0.4) is 0 Å². The maximum Gasteiger partial charge on any atom is 0.191 e. The summed E-state index contributed by atoms with van der Waals surface area (Å²) < 4.78 is 8.16. The Balaban J connectivity index is 1.93. The predicted octanol–water partition coefficient (Wildman–Crippen LogP) is 2.98. The largest absolute Gasteiger partial charge is 0.383 e. The molecule has 4 nitrogen and oxygen atoms in total. The zero-order valence-electron chi connectivity index (χ0n) is 10.0. The van der Waals surface area contributed by atoms with Crippen LogP contribution in [0.25, 0.3) is 0 Å². The highest BCUT2D eigenvalue weighted by molar-refractivity contribution is 9.10. The molecule has 0 spiro atoms. The van der Waals surface area contributed by atoms with Gasteiger partial charge in [-0.1, -0.05) is 39.8 Å². The quantitative estimate of drug-likeness (QED) is 0.765. The second-order valence-corrected chi connectivity index (χ2v) is 5.57. The molecule has 0 aliphatic carbocycles. The van der Waals surface area contributed by atoms with Gasteiger partial charge < -0.3 is 9.30 Å². The minimum absolute atomic E-state index is 0.671. The van der Waals surface area contributed by atoms with Crippen molar-refractivity contribution in [3.05, 3.63) is 40.6 Å². The fourth-order valence-electron chi connectivity index (χ4n) is 1.43. The third-order valence-corrected chi connectivity index (χ3v) is 3.98. The first-order valence-electron chi connectivity index (χ1n) is 5.53. The van der Waals surface area contributed by atoms with Crippen LogP contribution in [0, 0.1) is 0 Å². The molecule has 18 heavy (non-hydrogen) atoms. The predicted molar refractivity (Wildman–Crippen MR) is 75.6 cm³/mol. The number of thioether (sulfide) groups is 1. The number of benzene rings is 1. The summed E-state index contributed by atoms with van der Waals surface area (Å²) >= 11 is 5.11. The minimum atomic E-state index is 0.671. The van der Waals surface area contributed by atoms with E-state index in [9.17, 15) is 0 Å². The third-order valence-electron chi connectivity index (χ3n) is 2.40. The zero-order chi connectivity index (χ0) is 12.8. The van der Waals surface area contributed by atoms with Gasteiger partial charge in [0.05, 0.1) is 6.61 Å². The van der Waals surface area contributed by atoms with E-state index in [-0.39, 0.29) is 0 Å². The molecule has 0 amide bonds. The van der Waals surface area contributed by atoms with Crippen LogP contribution in [0.1, 0.15) is 5.56 Å². The van der Waals surface area contributed by atoms with Crippen LogP contribution in [0.4, 0.5) is 0 Å². The Kier molecular flexibility index (Phi) is 5.22. The van der Waals surface area contributed by atoms with Gasteiger partial charge in [-0.25, -0.2) is 0 Å². The first-order chi connectivity index (χ1) is 8.79. The number of ether oxygens (including phenoxy) is 1. The second kappa shape index (κ2) is 6.92. The molecule has 1 aromatic heterocycles. The average Bonchev–Trinajstić information content (AvgIpc) is 2.83. The summed E-state index contributed by atoms with van der Waals surface area (Å²) in [6, 6.07) is 8.30. The number of rotatable bonds is 6. The maximum atomic E-state index is 5.06. The fourth-order valence-corrected chi connectivity index (χ4v) is 2.59. The highest BCUT2D eigenvalue weighted by Gasteiger charge is 2.05. The van der Waals surface area contributed by atoms with E-state index in [4.69, 9.17) is 4.74 Å². The Bertz CT molecular complexity index is 486. The molecule has 0 saturated carbocycles. The van der Waals surface area contributed by atoms with Gasteiger partial charge in [-0.15, -0.1) is 10.2 Å². The molecule has 0 unspecified atom stereocenters. The summed E-state index contributed by atoms with van der Waals surface area (Å²) in [5.41, 5.74) is 1.27. The zero-order valence-corrected chi connectivity index (χ0v) is 12.4. The van der Waals surface area contributed by atoms with Crippen molar-refractivity contribution in [1.82, 2.24) is 14.8 Å². The van der Waals surface area contributed by atoms with Crippen LogP contribution < -0.4 is 0 Å². The van der Waals surface area contributed by atoms with Gasteiger partial charge in [0.25, 0.3) is 0 Å². The molecule has 0 N–H and O–H groups in total. The lowest BCUT2D eigenvalue weighted by Crippen LogP contribution is -2.04. The molecule has 0 atom stereocenters. The highest BCUT2D eigenvalue weighted by Crippen LogP contribution is 2.21. The number of nitrogens with zero attached hydrogens (tertiary/aromatic N) is 3. The lowest BCUT2D eigenvalue weighted by atomic mass is 10.2. The molecule has 0 aliphatic rings. The van der Waals surface area contributed by atoms with E-state index < -0.39 is 0 Å². The molecular formula is C12H14BrN3OS. The summed E-state index contributed by atoms with van der Waals surface area (Å²) in [4.78, 5) is 0. The third kappa shape index (κ3) is 3.83. The maximum absolute atomic E-state index is 5.06. The number of halogens is 1. The Labute approximate surface area is 119 Å². The molecule has 0 radical (unpaired) electrons. The normalized spacial score (nSPS) is 10.8. The molecule has 96 valence electrons. The van der Waals surface area contributed by atoms with Gasteiger partial charge >= 0.3 is 0 Å². The molecule has 0 saturated heterocycles. The summed E-state index contributed by atoms with van der Waals surface area (Å²) in [6.07, 6.45) is 1.74. The molecule has 2 rings (SSSR count). The summed E-state index contributed by atoms with van der Waals surface area (Å²) in [5, 5.41) is 8.97. The van der Waals surface area contributed by atoms with Crippen LogP contribution in [0.15, 0.2) is 40.2 Å². The Morgan fingerprint density at radius 3 is 2.83 bits per heavy atom. The Hall–Kier alpha value is -0.850. The fraction of sp³-hybridized carbons (Fsp3) is 0.333. The van der Waals surface area contributed by atoms with E-state index in [0.29, 0.717) is 6.61 Å². The monoisotopic (exact) mass is 327 g/mol. The van der Waals surface area contributed by atoms with Gasteiger partial charge in [-0.05, 0) is 17.7 Å². The average molecular weight is 328 g/mol. The Morgan fingerprint density at radius 2 is 2.11 bits per heavy atom. The molecule has 6 heteroatoms. The number of hydrogen-bond acceptors (Lipinski definition) is 4. The SMILES string of the molecule is COCCn1cnnc1SCc1ccc(Br)cc1. The van der Waals surface area contributed by atoms with Crippen molar-refractivity contribution in [3.63, 3.8) is 0 Å². The van der Waals surface area contributed by atoms with Gasteiger partial charge in [-0.3, -0.25) is 0 Å². The van der Waals surface area contributed by atoms with Crippen molar-refractivity contribution in [3.8, 4) is 0 Å². The molecule has 1 heterocycles. The number of methoxy groups -OCH3 is 1. The van der Waals surface area contributed by atoms with Gasteiger partial charge in [0.15, 0.2) is 5.16 Å². The van der Waals surface area contributed by atoms with Crippen LogP contribution in [0.2, 0.25) is 0 Å². The molecule has 1 aromatic carbocycles. The molecule has 0 bridgehead atoms. The number of hydrogen-bond donors (Lipinski definition) is 0. The highest BCUT2D eigenvalue weighted by atomic mass is 79.9. The van der Waals surface area contributed by atoms with Crippen LogP contribution in [0.5, 0.6) is 0 Å². The van der Waals surface area contributed by atoms with Crippen LogP contribution >= 0.6 is 27.7 Å². The van der Waals surface area contributed by atoms with Crippen molar-refractivity contribution in [2.45, 2.75) is 17.5 Å². The lowest BCUT2D eigenvalue weighted by molar-refractivity contribution is 0.184. The van der Waals surface area contributed by atoms with Crippen molar-refractivity contribution < 1.29 is 4.74 Å². The molecular weight excluding hydrogens is 314 g/mol. The molecule has 2 aromatic rings. The summed E-state index contributed by atoms with van der Waals surface area (Å²) in [7, 11) is 1.69. The Morgan fingerprint density at radius 1 is 1.33 bits per heavy atom. The van der Waals surface area contributed by atoms with Crippen molar-refractivity contribution in [1.29, 1.82) is 0 Å². The first kappa shape index (κ1) is 13.6. The second-order valence-electron chi connectivity index (χ2n) is 3.71. The van der Waals surface area contributed by atoms with E-state index >= 15 is 0 Å². The van der Waals surface area contributed by atoms with Crippen LogP contribution in [-0.2, 0) is 17.0 Å². The van der Waals surface area contributed by atoms with Gasteiger partial charge in [0.1, 0.15) is 6.33 Å². The topological polar surface area (TPSA) is 39.9 Å². The summed E-state index contributed by atoms with van der Waals surface area (Å²) in [5.74, 6) is 0.888.